The van der Waals surface area contributed by atoms with E-state index >= 15 is 0 Å². The van der Waals surface area contributed by atoms with Crippen molar-refractivity contribution in [2.24, 2.45) is 0 Å². The summed E-state index contributed by atoms with van der Waals surface area (Å²) < 4.78 is 0. The highest BCUT2D eigenvalue weighted by Gasteiger charge is 2.24. The first-order valence-corrected chi connectivity index (χ1v) is 7.64. The van der Waals surface area contributed by atoms with E-state index in [4.69, 9.17) is 0 Å². The molecule has 0 rings (SSSR count). The van der Waals surface area contributed by atoms with Gasteiger partial charge in [-0.05, 0) is 38.9 Å². The normalized spacial score (nSPS) is 12.2. The van der Waals surface area contributed by atoms with E-state index < -0.39 is 0 Å². The van der Waals surface area contributed by atoms with Crippen molar-refractivity contribution in [3.63, 3.8) is 0 Å². The Bertz CT molecular complexity index is 147. The molecule has 0 radical (unpaired) electrons. The monoisotopic (exact) mass is 246 g/mol. The summed E-state index contributed by atoms with van der Waals surface area (Å²) in [6, 6.07) is 0. The number of hydrogen-bond acceptors (Lipinski definition) is 4. The second-order valence-electron chi connectivity index (χ2n) is 4.19. The lowest BCUT2D eigenvalue weighted by atomic mass is 10.3. The van der Waals surface area contributed by atoms with E-state index in [1.807, 2.05) is 0 Å². The van der Waals surface area contributed by atoms with Crippen LogP contribution >= 0.6 is 0 Å². The largest absolute Gasteiger partial charge is 0.316 e. The topological polar surface area (TPSA) is 48.1 Å². The van der Waals surface area contributed by atoms with Crippen LogP contribution in [0.2, 0.25) is 0 Å². The van der Waals surface area contributed by atoms with Gasteiger partial charge in [0.05, 0.1) is 10.4 Å². The predicted molar refractivity (Wildman–Crippen MR) is 75.6 cm³/mol. The Balaban J connectivity index is 4.16. The average molecular weight is 246 g/mol. The lowest BCUT2D eigenvalue weighted by Gasteiger charge is -2.36. The van der Waals surface area contributed by atoms with E-state index in [0.29, 0.717) is 0 Å². The van der Waals surface area contributed by atoms with Crippen LogP contribution in [0.25, 0.3) is 0 Å². The molecule has 4 nitrogen and oxygen atoms in total. The Morgan fingerprint density at radius 1 is 0.875 bits per heavy atom. The zero-order valence-corrected chi connectivity index (χ0v) is 13.4. The van der Waals surface area contributed by atoms with E-state index in [1.165, 1.54) is 6.42 Å². The van der Waals surface area contributed by atoms with Crippen LogP contribution in [0.1, 0.15) is 40.0 Å². The third kappa shape index (κ3) is 6.60. The molecule has 0 atom stereocenters. The predicted octanol–water partition coefficient (Wildman–Crippen LogP) is -0.491. The molecule has 0 spiro atoms. The van der Waals surface area contributed by atoms with Crippen molar-refractivity contribution >= 4 is 10.4 Å². The molecule has 16 heavy (non-hydrogen) atoms. The van der Waals surface area contributed by atoms with E-state index in [1.54, 1.807) is 0 Å². The van der Waals surface area contributed by atoms with Gasteiger partial charge in [0.25, 0.3) is 0 Å². The van der Waals surface area contributed by atoms with Crippen molar-refractivity contribution in [2.75, 3.05) is 26.2 Å². The Morgan fingerprint density at radius 3 is 1.75 bits per heavy atom. The molecule has 0 aliphatic carbocycles. The highest BCUT2D eigenvalue weighted by Crippen LogP contribution is 1.94. The standard InChI is InChI=1S/C11H30N4Si/c1-4-7-12-10-11(15-16,13-8-5-2)14-9-6-3/h12-15H,4-10H2,1-3,16H3. The molecule has 0 aromatic heterocycles. The van der Waals surface area contributed by atoms with Gasteiger partial charge in [0.1, 0.15) is 5.79 Å². The number of rotatable bonds is 11. The van der Waals surface area contributed by atoms with Crippen molar-refractivity contribution in [3.8, 4) is 0 Å². The van der Waals surface area contributed by atoms with Gasteiger partial charge in [-0.1, -0.05) is 20.8 Å². The van der Waals surface area contributed by atoms with E-state index in [-0.39, 0.29) is 5.79 Å². The average Bonchev–Trinajstić information content (AvgIpc) is 2.32. The molecule has 0 amide bonds. The van der Waals surface area contributed by atoms with E-state index in [9.17, 15) is 0 Å². The minimum atomic E-state index is -0.104. The van der Waals surface area contributed by atoms with Gasteiger partial charge in [-0.2, -0.15) is 0 Å². The fourth-order valence-electron chi connectivity index (χ4n) is 1.58. The van der Waals surface area contributed by atoms with Crippen molar-refractivity contribution < 1.29 is 0 Å². The molecule has 0 saturated heterocycles. The van der Waals surface area contributed by atoms with Crippen molar-refractivity contribution in [3.05, 3.63) is 0 Å². The first kappa shape index (κ1) is 16.1. The summed E-state index contributed by atoms with van der Waals surface area (Å²) in [5.74, 6) is -0.104. The molecule has 0 saturated carbocycles. The molecule has 98 valence electrons. The van der Waals surface area contributed by atoms with Crippen LogP contribution in [-0.2, 0) is 0 Å². The molecule has 0 heterocycles. The first-order valence-electron chi connectivity index (χ1n) is 6.64. The van der Waals surface area contributed by atoms with Gasteiger partial charge in [-0.3, -0.25) is 10.6 Å². The van der Waals surface area contributed by atoms with Crippen molar-refractivity contribution in [1.82, 2.24) is 20.9 Å². The summed E-state index contributed by atoms with van der Waals surface area (Å²) in [4.78, 5) is 3.50. The minimum absolute atomic E-state index is 0.104. The van der Waals surface area contributed by atoms with Crippen LogP contribution in [0, 0.1) is 0 Å². The highest BCUT2D eigenvalue weighted by atomic mass is 28.2. The number of nitrogens with one attached hydrogen (secondary N) is 4. The maximum atomic E-state index is 3.58. The summed E-state index contributed by atoms with van der Waals surface area (Å²) in [5, 5.41) is 10.6. The summed E-state index contributed by atoms with van der Waals surface area (Å²) >= 11 is 0. The number of hydrogen-bond donors (Lipinski definition) is 4. The maximum Gasteiger partial charge on any atom is 0.129 e. The third-order valence-electron chi connectivity index (χ3n) is 2.60. The van der Waals surface area contributed by atoms with Crippen LogP contribution in [0.4, 0.5) is 0 Å². The van der Waals surface area contributed by atoms with Crippen LogP contribution in [0.5, 0.6) is 0 Å². The molecular weight excluding hydrogens is 216 g/mol. The summed E-state index contributed by atoms with van der Waals surface area (Å²) in [6.45, 7) is 10.7. The molecule has 5 heteroatoms. The van der Waals surface area contributed by atoms with E-state index in [0.717, 1.165) is 49.4 Å². The van der Waals surface area contributed by atoms with Gasteiger partial charge < -0.3 is 10.3 Å². The minimum Gasteiger partial charge on any atom is -0.316 e. The summed E-state index contributed by atoms with van der Waals surface area (Å²) in [5.41, 5.74) is 0. The van der Waals surface area contributed by atoms with Gasteiger partial charge in [0, 0.05) is 6.54 Å². The fraction of sp³-hybridized carbons (Fsp3) is 1.00. The second-order valence-corrected chi connectivity index (χ2v) is 4.69. The van der Waals surface area contributed by atoms with Crippen LogP contribution in [0.15, 0.2) is 0 Å². The fourth-order valence-corrected chi connectivity index (χ4v) is 2.11. The molecule has 4 N–H and O–H groups in total. The molecule has 0 aliphatic heterocycles. The summed E-state index contributed by atoms with van der Waals surface area (Å²) in [6.07, 6.45) is 3.50. The molecule has 0 aromatic rings. The Labute approximate surface area is 104 Å². The van der Waals surface area contributed by atoms with E-state index in [2.05, 4.69) is 41.7 Å². The van der Waals surface area contributed by atoms with Gasteiger partial charge >= 0.3 is 0 Å². The smallest absolute Gasteiger partial charge is 0.129 e. The zero-order chi connectivity index (χ0) is 12.3. The lowest BCUT2D eigenvalue weighted by molar-refractivity contribution is 0.230. The van der Waals surface area contributed by atoms with Gasteiger partial charge in [-0.15, -0.1) is 0 Å². The maximum absolute atomic E-state index is 3.58. The highest BCUT2D eigenvalue weighted by molar-refractivity contribution is 6.04. The van der Waals surface area contributed by atoms with Crippen LogP contribution in [-0.4, -0.2) is 42.4 Å². The molecule has 0 unspecified atom stereocenters. The van der Waals surface area contributed by atoms with Gasteiger partial charge in [0.2, 0.25) is 0 Å². The Morgan fingerprint density at radius 2 is 1.38 bits per heavy atom. The Hall–Kier alpha value is 0.0569. The second kappa shape index (κ2) is 10.2. The quantitative estimate of drug-likeness (QED) is 0.226. The zero-order valence-electron chi connectivity index (χ0n) is 11.4. The molecular formula is C11H30N4Si. The van der Waals surface area contributed by atoms with Crippen LogP contribution in [0.3, 0.4) is 0 Å². The first-order chi connectivity index (χ1) is 7.74. The summed E-state index contributed by atoms with van der Waals surface area (Å²) in [7, 11) is 0.983. The van der Waals surface area contributed by atoms with Gasteiger partial charge in [-0.25, -0.2) is 0 Å². The molecule has 0 aromatic carbocycles. The lowest BCUT2D eigenvalue weighted by Crippen LogP contribution is -2.70. The Kier molecular flexibility index (Phi) is 10.3. The third-order valence-corrected chi connectivity index (χ3v) is 3.45. The molecule has 0 bridgehead atoms. The molecule has 0 fully saturated rings. The van der Waals surface area contributed by atoms with Crippen molar-refractivity contribution in [2.45, 2.75) is 45.8 Å². The SMILES string of the molecule is CCCNCC(N[SiH3])(NCCC)NCCC. The molecule has 0 aliphatic rings. The van der Waals surface area contributed by atoms with Gasteiger partial charge in [0.15, 0.2) is 0 Å². The van der Waals surface area contributed by atoms with Crippen LogP contribution < -0.4 is 20.9 Å². The van der Waals surface area contributed by atoms with Crippen molar-refractivity contribution in [1.29, 1.82) is 0 Å².